The highest BCUT2D eigenvalue weighted by Gasteiger charge is 2.07. The van der Waals surface area contributed by atoms with E-state index in [1.165, 1.54) is 6.08 Å². The Labute approximate surface area is 148 Å². The zero-order valence-electron chi connectivity index (χ0n) is 14.3. The fourth-order valence-corrected chi connectivity index (χ4v) is 2.97. The second-order valence-electron chi connectivity index (χ2n) is 5.82. The van der Waals surface area contributed by atoms with Gasteiger partial charge in [0.05, 0.1) is 0 Å². The first kappa shape index (κ1) is 18.9. The molecule has 0 saturated heterocycles. The summed E-state index contributed by atoms with van der Waals surface area (Å²) in [6, 6.07) is 14.9. The van der Waals surface area contributed by atoms with E-state index in [1.807, 2.05) is 56.3 Å². The summed E-state index contributed by atoms with van der Waals surface area (Å²) in [6.45, 7) is 3.94. The molecule has 132 valence electrons. The molecule has 25 heavy (non-hydrogen) atoms. The van der Waals surface area contributed by atoms with Crippen molar-refractivity contribution in [3.05, 3.63) is 70.6 Å². The lowest BCUT2D eigenvalue weighted by atomic mass is 10.2. The molecule has 0 radical (unpaired) electrons. The summed E-state index contributed by atoms with van der Waals surface area (Å²) in [7, 11) is -3.58. The number of rotatable bonds is 7. The fraction of sp³-hybridized carbons (Fsp3) is 0.211. The lowest BCUT2D eigenvalue weighted by Gasteiger charge is -2.06. The number of anilines is 1. The van der Waals surface area contributed by atoms with Crippen LogP contribution in [0.3, 0.4) is 0 Å². The van der Waals surface area contributed by atoms with Crippen LogP contribution in [0.1, 0.15) is 23.1 Å². The molecular weight excluding hydrogens is 336 g/mol. The van der Waals surface area contributed by atoms with Crippen molar-refractivity contribution in [1.29, 1.82) is 0 Å². The predicted octanol–water partition coefficient (Wildman–Crippen LogP) is 3.22. The molecule has 2 aromatic carbocycles. The second-order valence-corrected chi connectivity index (χ2v) is 7.47. The summed E-state index contributed by atoms with van der Waals surface area (Å²) in [5, 5.41) is 3.85. The molecule has 1 amide bonds. The van der Waals surface area contributed by atoms with Gasteiger partial charge in [0.15, 0.2) is 0 Å². The van der Waals surface area contributed by atoms with Crippen LogP contribution in [0.2, 0.25) is 0 Å². The van der Waals surface area contributed by atoms with Crippen molar-refractivity contribution >= 4 is 27.7 Å². The Morgan fingerprint density at radius 1 is 1.04 bits per heavy atom. The van der Waals surface area contributed by atoms with Gasteiger partial charge in [-0.1, -0.05) is 42.0 Å². The van der Waals surface area contributed by atoms with Gasteiger partial charge in [-0.2, -0.15) is 0 Å². The van der Waals surface area contributed by atoms with Gasteiger partial charge in [-0.25, -0.2) is 13.1 Å². The van der Waals surface area contributed by atoms with Crippen LogP contribution in [0.25, 0.3) is 6.08 Å². The van der Waals surface area contributed by atoms with Crippen molar-refractivity contribution < 1.29 is 13.2 Å². The Morgan fingerprint density at radius 2 is 1.76 bits per heavy atom. The van der Waals surface area contributed by atoms with E-state index in [-0.39, 0.29) is 18.9 Å². The van der Waals surface area contributed by atoms with Crippen molar-refractivity contribution in [2.75, 3.05) is 11.9 Å². The minimum atomic E-state index is -3.58. The van der Waals surface area contributed by atoms with E-state index in [0.29, 0.717) is 5.69 Å². The molecule has 0 aromatic heterocycles. The summed E-state index contributed by atoms with van der Waals surface area (Å²) in [4.78, 5) is 11.9. The first-order valence-electron chi connectivity index (χ1n) is 7.95. The molecule has 0 unspecified atom stereocenters. The van der Waals surface area contributed by atoms with Crippen molar-refractivity contribution in [3.8, 4) is 0 Å². The van der Waals surface area contributed by atoms with Gasteiger partial charge in [-0.3, -0.25) is 4.79 Å². The summed E-state index contributed by atoms with van der Waals surface area (Å²) in [5.41, 5.74) is 3.65. The Morgan fingerprint density at radius 3 is 2.44 bits per heavy atom. The summed E-state index contributed by atoms with van der Waals surface area (Å²) in [6.07, 6.45) is 1.58. The molecule has 0 aliphatic rings. The molecule has 0 aliphatic carbocycles. The first-order chi connectivity index (χ1) is 11.8. The average molecular weight is 358 g/mol. The topological polar surface area (TPSA) is 75.3 Å². The van der Waals surface area contributed by atoms with Crippen LogP contribution in [-0.2, 0) is 14.8 Å². The van der Waals surface area contributed by atoms with E-state index in [0.717, 1.165) is 22.1 Å². The number of hydrogen-bond acceptors (Lipinski definition) is 3. The minimum Gasteiger partial charge on any atom is -0.326 e. The maximum absolute atomic E-state index is 11.9. The third-order valence-electron chi connectivity index (χ3n) is 3.47. The minimum absolute atomic E-state index is 0.0399. The fourth-order valence-electron chi connectivity index (χ4n) is 2.15. The third kappa shape index (κ3) is 6.91. The molecule has 2 aromatic rings. The second kappa shape index (κ2) is 8.60. The Hall–Kier alpha value is -2.44. The third-order valence-corrected chi connectivity index (χ3v) is 4.58. The van der Waals surface area contributed by atoms with E-state index in [2.05, 4.69) is 10.0 Å². The SMILES string of the molecule is Cc1ccc(/C=C/S(=O)(=O)NCCC(=O)Nc2cccc(C)c2)cc1. The van der Waals surface area contributed by atoms with Crippen LogP contribution >= 0.6 is 0 Å². The highest BCUT2D eigenvalue weighted by atomic mass is 32.2. The van der Waals surface area contributed by atoms with Gasteiger partial charge in [-0.05, 0) is 43.2 Å². The number of amides is 1. The lowest BCUT2D eigenvalue weighted by Crippen LogP contribution is -2.26. The Bertz CT molecular complexity index is 856. The van der Waals surface area contributed by atoms with Crippen LogP contribution in [0, 0.1) is 13.8 Å². The summed E-state index contributed by atoms with van der Waals surface area (Å²) in [5.74, 6) is -0.240. The number of benzene rings is 2. The maximum Gasteiger partial charge on any atom is 0.233 e. The quantitative estimate of drug-likeness (QED) is 0.798. The summed E-state index contributed by atoms with van der Waals surface area (Å²) < 4.78 is 26.2. The van der Waals surface area contributed by atoms with Crippen LogP contribution in [0.4, 0.5) is 5.69 Å². The zero-order valence-corrected chi connectivity index (χ0v) is 15.1. The van der Waals surface area contributed by atoms with Crippen molar-refractivity contribution in [3.63, 3.8) is 0 Å². The molecule has 0 saturated carbocycles. The molecule has 0 spiro atoms. The van der Waals surface area contributed by atoms with Gasteiger partial charge < -0.3 is 5.32 Å². The number of carbonyl (C=O) groups excluding carboxylic acids is 1. The van der Waals surface area contributed by atoms with Crippen LogP contribution in [-0.4, -0.2) is 20.9 Å². The Kier molecular flexibility index (Phi) is 6.50. The Balaban J connectivity index is 1.81. The van der Waals surface area contributed by atoms with Crippen molar-refractivity contribution in [2.24, 2.45) is 0 Å². The predicted molar refractivity (Wildman–Crippen MR) is 102 cm³/mol. The van der Waals surface area contributed by atoms with E-state index in [1.54, 1.807) is 6.07 Å². The van der Waals surface area contributed by atoms with Gasteiger partial charge in [0.2, 0.25) is 15.9 Å². The van der Waals surface area contributed by atoms with Gasteiger partial charge in [0, 0.05) is 24.1 Å². The van der Waals surface area contributed by atoms with Gasteiger partial charge in [0.25, 0.3) is 0 Å². The van der Waals surface area contributed by atoms with Crippen molar-refractivity contribution in [1.82, 2.24) is 4.72 Å². The molecule has 0 aliphatic heterocycles. The van der Waals surface area contributed by atoms with Gasteiger partial charge in [-0.15, -0.1) is 0 Å². The van der Waals surface area contributed by atoms with Crippen LogP contribution < -0.4 is 10.0 Å². The van der Waals surface area contributed by atoms with Crippen LogP contribution in [0.15, 0.2) is 53.9 Å². The average Bonchev–Trinajstić information content (AvgIpc) is 2.54. The summed E-state index contributed by atoms with van der Waals surface area (Å²) >= 11 is 0. The van der Waals surface area contributed by atoms with Gasteiger partial charge >= 0.3 is 0 Å². The largest absolute Gasteiger partial charge is 0.326 e. The molecule has 6 heteroatoms. The molecule has 0 atom stereocenters. The standard InChI is InChI=1S/C19H22N2O3S/c1-15-6-8-17(9-7-15)11-13-25(23,24)20-12-10-19(22)21-18-5-3-4-16(2)14-18/h3-9,11,13-14,20H,10,12H2,1-2H3,(H,21,22)/b13-11+. The first-order valence-corrected chi connectivity index (χ1v) is 9.50. The molecule has 0 fully saturated rings. The molecule has 0 bridgehead atoms. The highest BCUT2D eigenvalue weighted by Crippen LogP contribution is 2.10. The molecular formula is C19H22N2O3S. The highest BCUT2D eigenvalue weighted by molar-refractivity contribution is 7.92. The van der Waals surface area contributed by atoms with Crippen LogP contribution in [0.5, 0.6) is 0 Å². The maximum atomic E-state index is 11.9. The van der Waals surface area contributed by atoms with E-state index >= 15 is 0 Å². The lowest BCUT2D eigenvalue weighted by molar-refractivity contribution is -0.116. The number of hydrogen-bond donors (Lipinski definition) is 2. The normalized spacial score (nSPS) is 11.6. The van der Waals surface area contributed by atoms with E-state index in [9.17, 15) is 13.2 Å². The molecule has 5 nitrogen and oxygen atoms in total. The van der Waals surface area contributed by atoms with Gasteiger partial charge in [0.1, 0.15) is 0 Å². The number of nitrogens with one attached hydrogen (secondary N) is 2. The van der Waals surface area contributed by atoms with E-state index < -0.39 is 10.0 Å². The number of sulfonamides is 1. The number of aryl methyl sites for hydroxylation is 2. The molecule has 2 rings (SSSR count). The molecule has 2 N–H and O–H groups in total. The monoisotopic (exact) mass is 358 g/mol. The van der Waals surface area contributed by atoms with E-state index in [4.69, 9.17) is 0 Å². The number of carbonyl (C=O) groups is 1. The smallest absolute Gasteiger partial charge is 0.233 e. The van der Waals surface area contributed by atoms with Crippen molar-refractivity contribution in [2.45, 2.75) is 20.3 Å². The molecule has 0 heterocycles. The zero-order chi connectivity index (χ0) is 18.3.